The zero-order valence-electron chi connectivity index (χ0n) is 14.0. The normalized spacial score (nSPS) is 10.7. The number of nitrogens with zero attached hydrogens (tertiary/aromatic N) is 4. The topological polar surface area (TPSA) is 119 Å². The molecule has 0 aliphatic rings. The van der Waals surface area contributed by atoms with E-state index in [0.717, 1.165) is 27.6 Å². The molecule has 0 saturated carbocycles. The van der Waals surface area contributed by atoms with Gasteiger partial charge in [-0.05, 0) is 47.5 Å². The van der Waals surface area contributed by atoms with Crippen LogP contribution in [0.2, 0.25) is 0 Å². The molecular weight excluding hydrogens is 404 g/mol. The number of nitrogens with one attached hydrogen (secondary N) is 2. The second kappa shape index (κ2) is 7.08. The average Bonchev–Trinajstić information content (AvgIpc) is 3.17. The van der Waals surface area contributed by atoms with Crippen molar-refractivity contribution in [1.29, 1.82) is 0 Å². The van der Waals surface area contributed by atoms with E-state index in [1.807, 2.05) is 24.6 Å². The number of aromatic nitrogens is 4. The van der Waals surface area contributed by atoms with E-state index in [0.29, 0.717) is 12.2 Å². The molecule has 0 unspecified atom stereocenters. The number of anilines is 1. The lowest BCUT2D eigenvalue weighted by atomic mass is 10.2. The maximum atomic E-state index is 12.3. The second-order valence-electron chi connectivity index (χ2n) is 5.68. The van der Waals surface area contributed by atoms with Crippen molar-refractivity contribution in [2.45, 2.75) is 20.4 Å². The predicted octanol–water partition coefficient (Wildman–Crippen LogP) is 3.19. The van der Waals surface area contributed by atoms with Crippen molar-refractivity contribution in [2.24, 2.45) is 0 Å². The summed E-state index contributed by atoms with van der Waals surface area (Å²) in [6.45, 7) is 4.42. The first kappa shape index (κ1) is 17.8. The molecule has 0 atom stereocenters. The Balaban J connectivity index is 1.79. The first-order valence-corrected chi connectivity index (χ1v) is 8.43. The number of benzene rings is 1. The van der Waals surface area contributed by atoms with Crippen LogP contribution in [0.5, 0.6) is 0 Å². The molecule has 0 spiro atoms. The number of aromatic amines is 1. The molecule has 26 heavy (non-hydrogen) atoms. The van der Waals surface area contributed by atoms with Crippen LogP contribution in [-0.4, -0.2) is 30.8 Å². The summed E-state index contributed by atoms with van der Waals surface area (Å²) < 4.78 is 2.83. The molecule has 2 aromatic heterocycles. The SMILES string of the molecule is Cc1nn(Cc2cccc(NC(=O)c3[nH]ncc3[N+](=O)[O-])c2)c(C)c1Br. The average molecular weight is 419 g/mol. The van der Waals surface area contributed by atoms with Crippen LogP contribution in [0.15, 0.2) is 34.9 Å². The fraction of sp³-hybridized carbons (Fsp3) is 0.188. The van der Waals surface area contributed by atoms with Crippen molar-refractivity contribution in [2.75, 3.05) is 5.32 Å². The number of nitro groups is 1. The number of hydrogen-bond acceptors (Lipinski definition) is 5. The molecule has 3 aromatic rings. The van der Waals surface area contributed by atoms with Gasteiger partial charge in [-0.25, -0.2) is 0 Å². The minimum atomic E-state index is -0.657. The summed E-state index contributed by atoms with van der Waals surface area (Å²) >= 11 is 3.50. The third-order valence-electron chi connectivity index (χ3n) is 3.85. The monoisotopic (exact) mass is 418 g/mol. The largest absolute Gasteiger partial charge is 0.320 e. The lowest BCUT2D eigenvalue weighted by Crippen LogP contribution is -2.14. The van der Waals surface area contributed by atoms with Gasteiger partial charge in [-0.1, -0.05) is 12.1 Å². The summed E-state index contributed by atoms with van der Waals surface area (Å²) in [5.41, 5.74) is 2.80. The van der Waals surface area contributed by atoms with E-state index >= 15 is 0 Å². The first-order chi connectivity index (χ1) is 12.4. The highest BCUT2D eigenvalue weighted by Crippen LogP contribution is 2.22. The predicted molar refractivity (Wildman–Crippen MR) is 98.1 cm³/mol. The molecule has 0 fully saturated rings. The zero-order chi connectivity index (χ0) is 18.8. The highest BCUT2D eigenvalue weighted by atomic mass is 79.9. The van der Waals surface area contributed by atoms with Gasteiger partial charge in [0.15, 0.2) is 0 Å². The van der Waals surface area contributed by atoms with Crippen molar-refractivity contribution >= 4 is 33.2 Å². The minimum Gasteiger partial charge on any atom is -0.320 e. The molecule has 134 valence electrons. The summed E-state index contributed by atoms with van der Waals surface area (Å²) in [6, 6.07) is 7.22. The lowest BCUT2D eigenvalue weighted by molar-refractivity contribution is -0.385. The van der Waals surface area contributed by atoms with Crippen molar-refractivity contribution in [3.63, 3.8) is 0 Å². The molecule has 0 aliphatic carbocycles. The second-order valence-corrected chi connectivity index (χ2v) is 6.48. The van der Waals surface area contributed by atoms with Gasteiger partial charge in [0.25, 0.3) is 5.91 Å². The van der Waals surface area contributed by atoms with Gasteiger partial charge in [-0.15, -0.1) is 0 Å². The van der Waals surface area contributed by atoms with Crippen LogP contribution in [0.25, 0.3) is 0 Å². The summed E-state index contributed by atoms with van der Waals surface area (Å²) in [7, 11) is 0. The smallest absolute Gasteiger partial charge is 0.319 e. The van der Waals surface area contributed by atoms with E-state index in [9.17, 15) is 14.9 Å². The van der Waals surface area contributed by atoms with E-state index in [1.54, 1.807) is 18.2 Å². The fourth-order valence-corrected chi connectivity index (χ4v) is 2.81. The molecular formula is C16H15BrN6O3. The van der Waals surface area contributed by atoms with Gasteiger partial charge in [0.05, 0.1) is 27.3 Å². The maximum absolute atomic E-state index is 12.3. The molecule has 1 amide bonds. The number of hydrogen-bond donors (Lipinski definition) is 2. The molecule has 10 heteroatoms. The van der Waals surface area contributed by atoms with Gasteiger partial charge >= 0.3 is 5.69 Å². The highest BCUT2D eigenvalue weighted by Gasteiger charge is 2.22. The third-order valence-corrected chi connectivity index (χ3v) is 5.00. The molecule has 2 heterocycles. The summed E-state index contributed by atoms with van der Waals surface area (Å²) in [4.78, 5) is 22.5. The van der Waals surface area contributed by atoms with E-state index in [1.165, 1.54) is 0 Å². The Hall–Kier alpha value is -3.01. The summed E-state index contributed by atoms with van der Waals surface area (Å²) in [5.74, 6) is -0.625. The van der Waals surface area contributed by atoms with Crippen molar-refractivity contribution in [1.82, 2.24) is 20.0 Å². The maximum Gasteiger partial charge on any atom is 0.319 e. The number of rotatable bonds is 5. The molecule has 3 rings (SSSR count). The number of aryl methyl sites for hydroxylation is 1. The van der Waals surface area contributed by atoms with Crippen molar-refractivity contribution < 1.29 is 9.72 Å². The molecule has 0 aliphatic heterocycles. The molecule has 0 bridgehead atoms. The molecule has 9 nitrogen and oxygen atoms in total. The van der Waals surface area contributed by atoms with Crippen LogP contribution < -0.4 is 5.32 Å². The summed E-state index contributed by atoms with van der Waals surface area (Å²) in [6.07, 6.45) is 1.01. The number of carbonyl (C=O) groups is 1. The van der Waals surface area contributed by atoms with E-state index < -0.39 is 10.8 Å². The summed E-state index contributed by atoms with van der Waals surface area (Å²) in [5, 5.41) is 23.9. The van der Waals surface area contributed by atoms with Crippen LogP contribution in [0.3, 0.4) is 0 Å². The number of H-pyrrole nitrogens is 1. The van der Waals surface area contributed by atoms with E-state index in [2.05, 4.69) is 36.5 Å². The minimum absolute atomic E-state index is 0.192. The van der Waals surface area contributed by atoms with Gasteiger partial charge < -0.3 is 5.32 Å². The standard InChI is InChI=1S/C16H15BrN6O3/c1-9-14(17)10(2)22(21-9)8-11-4-3-5-12(6-11)19-16(24)15-13(23(25)26)7-18-20-15/h3-7H,8H2,1-2H3,(H,18,20)(H,19,24). The van der Waals surface area contributed by atoms with Gasteiger partial charge in [-0.2, -0.15) is 10.2 Å². The quantitative estimate of drug-likeness (QED) is 0.486. The van der Waals surface area contributed by atoms with Crippen molar-refractivity contribution in [3.05, 3.63) is 67.7 Å². The van der Waals surface area contributed by atoms with Crippen LogP contribution >= 0.6 is 15.9 Å². The Morgan fingerprint density at radius 2 is 2.19 bits per heavy atom. The lowest BCUT2D eigenvalue weighted by Gasteiger charge is -2.08. The fourth-order valence-electron chi connectivity index (χ4n) is 2.53. The first-order valence-electron chi connectivity index (χ1n) is 7.64. The number of amides is 1. The van der Waals surface area contributed by atoms with Crippen molar-refractivity contribution in [3.8, 4) is 0 Å². The Morgan fingerprint density at radius 1 is 1.42 bits per heavy atom. The van der Waals surface area contributed by atoms with Gasteiger partial charge in [0.2, 0.25) is 5.69 Å². The van der Waals surface area contributed by atoms with Crippen LogP contribution in [0.1, 0.15) is 27.4 Å². The van der Waals surface area contributed by atoms with Gasteiger partial charge in [-0.3, -0.25) is 24.7 Å². The van der Waals surface area contributed by atoms with Gasteiger partial charge in [0.1, 0.15) is 6.20 Å². The third kappa shape index (κ3) is 3.49. The Morgan fingerprint density at radius 3 is 2.85 bits per heavy atom. The highest BCUT2D eigenvalue weighted by molar-refractivity contribution is 9.10. The van der Waals surface area contributed by atoms with Gasteiger partial charge in [0, 0.05) is 5.69 Å². The van der Waals surface area contributed by atoms with E-state index in [-0.39, 0.29) is 11.4 Å². The van der Waals surface area contributed by atoms with E-state index in [4.69, 9.17) is 0 Å². The Labute approximate surface area is 156 Å². The molecule has 1 aromatic carbocycles. The van der Waals surface area contributed by atoms with Crippen LogP contribution in [0.4, 0.5) is 11.4 Å². The zero-order valence-corrected chi connectivity index (χ0v) is 15.6. The van der Waals surface area contributed by atoms with Crippen LogP contribution in [0, 0.1) is 24.0 Å². The molecule has 0 saturated heterocycles. The number of halogens is 1. The Kier molecular flexibility index (Phi) is 4.85. The van der Waals surface area contributed by atoms with Crippen LogP contribution in [-0.2, 0) is 6.54 Å². The molecule has 2 N–H and O–H groups in total. The Bertz CT molecular complexity index is 994. The number of carbonyl (C=O) groups excluding carboxylic acids is 1. The molecule has 0 radical (unpaired) electrons.